The number of carbonyl (C=O) groups excluding carboxylic acids is 1. The Balaban J connectivity index is 2.93. The van der Waals surface area contributed by atoms with Gasteiger partial charge in [-0.3, -0.25) is 4.79 Å². The fraction of sp³-hybridized carbons (Fsp3) is 0.167. The number of thiophene rings is 1. The lowest BCUT2D eigenvalue weighted by atomic mass is 10.3. The van der Waals surface area contributed by atoms with Gasteiger partial charge < -0.3 is 0 Å². The van der Waals surface area contributed by atoms with Crippen molar-refractivity contribution in [2.45, 2.75) is 5.38 Å². The molecule has 0 aromatic carbocycles. The SMILES string of the molecule is O=C(c1cc(Br)cs1)C(F)(F)Cl. The molecule has 1 rings (SSSR count). The molecule has 0 bridgehead atoms. The predicted octanol–water partition coefficient (Wildman–Crippen LogP) is 3.52. The van der Waals surface area contributed by atoms with Crippen LogP contribution in [-0.4, -0.2) is 11.2 Å². The molecule has 0 N–H and O–H groups in total. The third-order valence-corrected chi connectivity index (χ3v) is 2.91. The van der Waals surface area contributed by atoms with Crippen LogP contribution in [-0.2, 0) is 0 Å². The van der Waals surface area contributed by atoms with Gasteiger partial charge in [-0.15, -0.1) is 11.3 Å². The summed E-state index contributed by atoms with van der Waals surface area (Å²) in [7, 11) is 0. The number of carbonyl (C=O) groups is 1. The van der Waals surface area contributed by atoms with Gasteiger partial charge in [0.25, 0.3) is 5.78 Å². The highest BCUT2D eigenvalue weighted by Crippen LogP contribution is 2.29. The van der Waals surface area contributed by atoms with Gasteiger partial charge in [0.15, 0.2) is 0 Å². The van der Waals surface area contributed by atoms with Crippen molar-refractivity contribution in [2.24, 2.45) is 0 Å². The Morgan fingerprint density at radius 2 is 2.25 bits per heavy atom. The van der Waals surface area contributed by atoms with E-state index >= 15 is 0 Å². The van der Waals surface area contributed by atoms with E-state index in [9.17, 15) is 13.6 Å². The van der Waals surface area contributed by atoms with Crippen LogP contribution in [0.1, 0.15) is 9.67 Å². The minimum Gasteiger partial charge on any atom is -0.285 e. The molecule has 1 aromatic heterocycles. The van der Waals surface area contributed by atoms with Crippen LogP contribution in [0.4, 0.5) is 8.78 Å². The van der Waals surface area contributed by atoms with Gasteiger partial charge in [-0.25, -0.2) is 0 Å². The second-order valence-corrected chi connectivity index (χ2v) is 4.26. The van der Waals surface area contributed by atoms with Crippen molar-refractivity contribution in [1.82, 2.24) is 0 Å². The molecule has 0 amide bonds. The zero-order chi connectivity index (χ0) is 9.35. The van der Waals surface area contributed by atoms with E-state index in [0.717, 1.165) is 11.3 Å². The number of hydrogen-bond donors (Lipinski definition) is 0. The van der Waals surface area contributed by atoms with Crippen molar-refractivity contribution in [3.63, 3.8) is 0 Å². The first-order valence-electron chi connectivity index (χ1n) is 2.77. The molecular weight excluding hydrogens is 273 g/mol. The number of halogens is 4. The van der Waals surface area contributed by atoms with Gasteiger partial charge in [0.1, 0.15) is 0 Å². The smallest absolute Gasteiger partial charge is 0.285 e. The topological polar surface area (TPSA) is 17.1 Å². The first-order valence-corrected chi connectivity index (χ1v) is 4.82. The van der Waals surface area contributed by atoms with Crippen molar-refractivity contribution < 1.29 is 13.6 Å². The molecule has 1 nitrogen and oxygen atoms in total. The van der Waals surface area contributed by atoms with Crippen LogP contribution < -0.4 is 0 Å². The maximum Gasteiger partial charge on any atom is 0.385 e. The third kappa shape index (κ3) is 2.24. The summed E-state index contributed by atoms with van der Waals surface area (Å²) in [5, 5.41) is -2.26. The zero-order valence-corrected chi connectivity index (χ0v) is 8.64. The predicted molar refractivity (Wildman–Crippen MR) is 47.1 cm³/mol. The van der Waals surface area contributed by atoms with E-state index < -0.39 is 11.2 Å². The lowest BCUT2D eigenvalue weighted by Crippen LogP contribution is -2.20. The highest BCUT2D eigenvalue weighted by Gasteiger charge is 2.37. The number of hydrogen-bond acceptors (Lipinski definition) is 2. The van der Waals surface area contributed by atoms with Gasteiger partial charge in [-0.2, -0.15) is 8.78 Å². The Kier molecular flexibility index (Phi) is 2.85. The quantitative estimate of drug-likeness (QED) is 0.596. The van der Waals surface area contributed by atoms with Crippen LogP contribution in [0.15, 0.2) is 15.9 Å². The first kappa shape index (κ1) is 10.1. The minimum absolute atomic E-state index is 0.0538. The summed E-state index contributed by atoms with van der Waals surface area (Å²) in [6.45, 7) is 0. The minimum atomic E-state index is -3.80. The molecule has 0 unspecified atom stereocenters. The highest BCUT2D eigenvalue weighted by molar-refractivity contribution is 9.10. The average molecular weight is 276 g/mol. The highest BCUT2D eigenvalue weighted by atomic mass is 79.9. The van der Waals surface area contributed by atoms with E-state index in [1.165, 1.54) is 11.4 Å². The fourth-order valence-electron chi connectivity index (χ4n) is 0.572. The number of alkyl halides is 3. The van der Waals surface area contributed by atoms with Crippen LogP contribution in [0, 0.1) is 0 Å². The molecule has 6 heteroatoms. The molecule has 0 radical (unpaired) electrons. The molecule has 0 fully saturated rings. The summed E-state index contributed by atoms with van der Waals surface area (Å²) in [5.74, 6) is -1.36. The molecule has 0 saturated carbocycles. The second-order valence-electron chi connectivity index (χ2n) is 1.96. The number of ketones is 1. The van der Waals surface area contributed by atoms with Gasteiger partial charge >= 0.3 is 5.38 Å². The Labute approximate surface area is 84.5 Å². The van der Waals surface area contributed by atoms with Gasteiger partial charge in [0, 0.05) is 9.85 Å². The molecule has 0 atom stereocenters. The summed E-state index contributed by atoms with van der Waals surface area (Å²) in [6, 6.07) is 1.31. The summed E-state index contributed by atoms with van der Waals surface area (Å²) in [6.07, 6.45) is 0. The molecule has 66 valence electrons. The third-order valence-electron chi connectivity index (χ3n) is 1.05. The molecule has 12 heavy (non-hydrogen) atoms. The summed E-state index contributed by atoms with van der Waals surface area (Å²) in [5.41, 5.74) is 0. The van der Waals surface area contributed by atoms with Crippen molar-refractivity contribution in [3.8, 4) is 0 Å². The Morgan fingerprint density at radius 3 is 2.58 bits per heavy atom. The van der Waals surface area contributed by atoms with Gasteiger partial charge in [-0.1, -0.05) is 0 Å². The maximum absolute atomic E-state index is 12.2. The van der Waals surface area contributed by atoms with Crippen LogP contribution in [0.3, 0.4) is 0 Å². The average Bonchev–Trinajstić information content (AvgIpc) is 2.32. The molecule has 1 heterocycles. The van der Waals surface area contributed by atoms with Crippen LogP contribution in [0.2, 0.25) is 0 Å². The zero-order valence-electron chi connectivity index (χ0n) is 5.48. The van der Waals surface area contributed by atoms with Crippen molar-refractivity contribution in [3.05, 3.63) is 20.8 Å². The van der Waals surface area contributed by atoms with E-state index in [2.05, 4.69) is 27.5 Å². The van der Waals surface area contributed by atoms with Gasteiger partial charge in [0.05, 0.1) is 4.88 Å². The second kappa shape index (κ2) is 3.40. The molecule has 0 aliphatic carbocycles. The van der Waals surface area contributed by atoms with Crippen molar-refractivity contribution in [1.29, 1.82) is 0 Å². The lowest BCUT2D eigenvalue weighted by Gasteiger charge is -2.02. The van der Waals surface area contributed by atoms with Crippen LogP contribution >= 0.6 is 38.9 Å². The largest absolute Gasteiger partial charge is 0.385 e. The molecule has 1 aromatic rings. The fourth-order valence-corrected chi connectivity index (χ4v) is 2.13. The van der Waals surface area contributed by atoms with E-state index in [1.807, 2.05) is 0 Å². The number of rotatable bonds is 2. The van der Waals surface area contributed by atoms with Gasteiger partial charge in [0.2, 0.25) is 0 Å². The summed E-state index contributed by atoms with van der Waals surface area (Å²) < 4.78 is 25.0. The van der Waals surface area contributed by atoms with Crippen LogP contribution in [0.5, 0.6) is 0 Å². The summed E-state index contributed by atoms with van der Waals surface area (Å²) >= 11 is 8.50. The van der Waals surface area contributed by atoms with E-state index in [4.69, 9.17) is 0 Å². The summed E-state index contributed by atoms with van der Waals surface area (Å²) in [4.78, 5) is 10.7. The van der Waals surface area contributed by atoms with E-state index in [-0.39, 0.29) is 4.88 Å². The Morgan fingerprint density at radius 1 is 1.67 bits per heavy atom. The lowest BCUT2D eigenvalue weighted by molar-refractivity contribution is 0.0541. The number of Topliss-reactive ketones (excluding diaryl/α,β-unsaturated/α-hetero) is 1. The molecular formula is C6H2BrClF2OS. The van der Waals surface area contributed by atoms with Gasteiger partial charge in [-0.05, 0) is 33.6 Å². The molecule has 0 saturated heterocycles. The Hall–Kier alpha value is -0.000000000000000167. The van der Waals surface area contributed by atoms with E-state index in [0.29, 0.717) is 4.47 Å². The van der Waals surface area contributed by atoms with Crippen LogP contribution in [0.25, 0.3) is 0 Å². The van der Waals surface area contributed by atoms with E-state index in [1.54, 1.807) is 0 Å². The molecule has 0 aliphatic heterocycles. The Bertz CT molecular complexity index is 307. The normalized spacial score (nSPS) is 11.7. The first-order chi connectivity index (χ1) is 5.41. The maximum atomic E-state index is 12.2. The monoisotopic (exact) mass is 274 g/mol. The molecule has 0 spiro atoms. The van der Waals surface area contributed by atoms with Crippen molar-refractivity contribution >= 4 is 44.7 Å². The standard InChI is InChI=1S/C6H2BrClF2OS/c7-3-1-4(12-2-3)5(11)6(8,9)10/h1-2H. The molecule has 0 aliphatic rings. The van der Waals surface area contributed by atoms with Crippen molar-refractivity contribution in [2.75, 3.05) is 0 Å².